The molecule has 1 atom stereocenters. The van der Waals surface area contributed by atoms with Gasteiger partial charge in [0.1, 0.15) is 0 Å². The second-order valence-corrected chi connectivity index (χ2v) is 7.86. The Balaban J connectivity index is 1.91. The van der Waals surface area contributed by atoms with E-state index in [1.807, 2.05) is 47.5 Å². The molecule has 0 radical (unpaired) electrons. The number of rotatable bonds is 8. The van der Waals surface area contributed by atoms with Crippen molar-refractivity contribution in [2.24, 2.45) is 5.92 Å². The van der Waals surface area contributed by atoms with Crippen LogP contribution in [0, 0.1) is 5.92 Å². The summed E-state index contributed by atoms with van der Waals surface area (Å²) in [5, 5.41) is 1.10. The number of fused-ring (bicyclic) bond motifs is 1. The number of nitrogens with one attached hydrogen (secondary N) is 1. The molecular formula is C24H30N2O3. The lowest BCUT2D eigenvalue weighted by Crippen LogP contribution is -2.40. The molecule has 29 heavy (non-hydrogen) atoms. The topological polar surface area (TPSA) is 54.6 Å². The number of hydrogen-bond acceptors (Lipinski definition) is 3. The molecule has 1 unspecified atom stereocenters. The number of aromatic nitrogens is 1. The average Bonchev–Trinajstić information content (AvgIpc) is 3.15. The fraction of sp³-hybridized carbons (Fsp3) is 0.375. The van der Waals surface area contributed by atoms with Crippen LogP contribution in [0.25, 0.3) is 10.9 Å². The van der Waals surface area contributed by atoms with Crippen LogP contribution in [-0.4, -0.2) is 31.2 Å². The Bertz CT molecular complexity index is 977. The van der Waals surface area contributed by atoms with Gasteiger partial charge in [-0.15, -0.1) is 0 Å². The molecule has 0 aliphatic carbocycles. The van der Waals surface area contributed by atoms with Gasteiger partial charge in [0, 0.05) is 28.8 Å². The van der Waals surface area contributed by atoms with Crippen LogP contribution >= 0.6 is 0 Å². The first kappa shape index (κ1) is 20.8. The summed E-state index contributed by atoms with van der Waals surface area (Å²) in [5.41, 5.74) is 2.89. The van der Waals surface area contributed by atoms with E-state index >= 15 is 0 Å². The summed E-state index contributed by atoms with van der Waals surface area (Å²) in [4.78, 5) is 18.6. The third-order valence-corrected chi connectivity index (χ3v) is 5.14. The predicted octanol–water partition coefficient (Wildman–Crippen LogP) is 5.20. The lowest BCUT2D eigenvalue weighted by molar-refractivity contribution is -0.118. The number of amides is 1. The van der Waals surface area contributed by atoms with E-state index in [0.29, 0.717) is 23.8 Å². The molecule has 2 aromatic carbocycles. The summed E-state index contributed by atoms with van der Waals surface area (Å²) in [6.45, 7) is 6.49. The van der Waals surface area contributed by atoms with Gasteiger partial charge in [-0.2, -0.15) is 0 Å². The highest BCUT2D eigenvalue weighted by Gasteiger charge is 2.23. The van der Waals surface area contributed by atoms with E-state index in [-0.39, 0.29) is 11.9 Å². The van der Waals surface area contributed by atoms with Gasteiger partial charge in [-0.25, -0.2) is 0 Å². The molecule has 1 heterocycles. The quantitative estimate of drug-likeness (QED) is 0.572. The first-order chi connectivity index (χ1) is 13.9. The number of carbonyl (C=O) groups excluding carboxylic acids is 1. The van der Waals surface area contributed by atoms with Crippen LogP contribution in [0.5, 0.6) is 11.5 Å². The highest BCUT2D eigenvalue weighted by molar-refractivity contribution is 5.97. The van der Waals surface area contributed by atoms with Crippen molar-refractivity contribution in [1.82, 2.24) is 4.98 Å². The summed E-state index contributed by atoms with van der Waals surface area (Å²) in [6, 6.07) is 13.9. The van der Waals surface area contributed by atoms with Crippen molar-refractivity contribution >= 4 is 22.5 Å². The van der Waals surface area contributed by atoms with Crippen LogP contribution in [0.15, 0.2) is 48.7 Å². The van der Waals surface area contributed by atoms with E-state index in [0.717, 1.165) is 28.6 Å². The second-order valence-electron chi connectivity index (χ2n) is 7.86. The Morgan fingerprint density at radius 2 is 1.76 bits per heavy atom. The normalized spacial score (nSPS) is 12.2. The molecule has 0 fully saturated rings. The van der Waals surface area contributed by atoms with Crippen molar-refractivity contribution in [1.29, 1.82) is 0 Å². The number of ether oxygens (including phenoxy) is 2. The number of methoxy groups -OCH3 is 2. The molecule has 0 bridgehead atoms. The van der Waals surface area contributed by atoms with Gasteiger partial charge < -0.3 is 19.4 Å². The van der Waals surface area contributed by atoms with E-state index in [1.54, 1.807) is 14.2 Å². The van der Waals surface area contributed by atoms with Crippen molar-refractivity contribution in [3.63, 3.8) is 0 Å². The number of anilines is 1. The predicted molar refractivity (Wildman–Crippen MR) is 118 cm³/mol. The average molecular weight is 395 g/mol. The minimum Gasteiger partial charge on any atom is -0.493 e. The molecule has 154 valence electrons. The highest BCUT2D eigenvalue weighted by Crippen LogP contribution is 2.29. The van der Waals surface area contributed by atoms with Crippen LogP contribution in [0.4, 0.5) is 5.69 Å². The van der Waals surface area contributed by atoms with Crippen molar-refractivity contribution in [3.05, 3.63) is 54.2 Å². The molecule has 0 aliphatic rings. The Morgan fingerprint density at radius 3 is 2.45 bits per heavy atom. The molecular weight excluding hydrogens is 364 g/mol. The van der Waals surface area contributed by atoms with Gasteiger partial charge >= 0.3 is 0 Å². The fourth-order valence-corrected chi connectivity index (χ4v) is 3.87. The number of benzene rings is 2. The monoisotopic (exact) mass is 394 g/mol. The van der Waals surface area contributed by atoms with E-state index in [4.69, 9.17) is 9.47 Å². The van der Waals surface area contributed by atoms with Crippen molar-refractivity contribution in [2.75, 3.05) is 19.1 Å². The molecule has 0 aliphatic heterocycles. The number of nitrogens with zero attached hydrogens (tertiary/aromatic N) is 1. The molecule has 5 heteroatoms. The fourth-order valence-electron chi connectivity index (χ4n) is 3.87. The number of hydrogen-bond donors (Lipinski definition) is 1. The van der Waals surface area contributed by atoms with Gasteiger partial charge in [0.25, 0.3) is 0 Å². The van der Waals surface area contributed by atoms with Gasteiger partial charge in [0.15, 0.2) is 11.5 Å². The summed E-state index contributed by atoms with van der Waals surface area (Å²) in [6.07, 6.45) is 3.15. The molecule has 0 spiro atoms. The summed E-state index contributed by atoms with van der Waals surface area (Å²) < 4.78 is 10.7. The molecule has 0 saturated heterocycles. The number of aromatic amines is 1. The smallest absolute Gasteiger partial charge is 0.231 e. The van der Waals surface area contributed by atoms with Crippen molar-refractivity contribution < 1.29 is 14.3 Å². The van der Waals surface area contributed by atoms with Gasteiger partial charge in [-0.05, 0) is 61.2 Å². The maximum Gasteiger partial charge on any atom is 0.231 e. The van der Waals surface area contributed by atoms with E-state index < -0.39 is 0 Å². The lowest BCUT2D eigenvalue weighted by atomic mass is 10.0. The first-order valence-electron chi connectivity index (χ1n) is 10.0. The SMILES string of the molecule is COc1ccc(CC(=O)N(c2ccc3[nH]ccc3c2)C(C)CC(C)C)cc1OC. The van der Waals surface area contributed by atoms with Gasteiger partial charge in [-0.3, -0.25) is 4.79 Å². The van der Waals surface area contributed by atoms with Crippen LogP contribution in [-0.2, 0) is 11.2 Å². The first-order valence-corrected chi connectivity index (χ1v) is 10.0. The Hall–Kier alpha value is -2.95. The Labute approximate surface area is 172 Å². The minimum atomic E-state index is 0.0697. The largest absolute Gasteiger partial charge is 0.493 e. The van der Waals surface area contributed by atoms with E-state index in [9.17, 15) is 4.79 Å². The number of H-pyrrole nitrogens is 1. The molecule has 1 aromatic heterocycles. The summed E-state index contributed by atoms with van der Waals surface area (Å²) in [7, 11) is 3.21. The molecule has 3 aromatic rings. The zero-order valence-corrected chi connectivity index (χ0v) is 17.9. The summed E-state index contributed by atoms with van der Waals surface area (Å²) >= 11 is 0. The molecule has 0 saturated carbocycles. The van der Waals surface area contributed by atoms with Gasteiger partial charge in [0.2, 0.25) is 5.91 Å². The summed E-state index contributed by atoms with van der Waals surface area (Å²) in [5.74, 6) is 1.86. The Morgan fingerprint density at radius 1 is 1.00 bits per heavy atom. The zero-order valence-electron chi connectivity index (χ0n) is 17.9. The van der Waals surface area contributed by atoms with E-state index in [1.165, 1.54) is 0 Å². The van der Waals surface area contributed by atoms with E-state index in [2.05, 4.69) is 31.8 Å². The molecule has 1 N–H and O–H groups in total. The maximum absolute atomic E-state index is 13.4. The standard InChI is InChI=1S/C24H30N2O3/c1-16(2)12-17(3)26(20-7-8-21-19(15-20)10-11-25-21)24(27)14-18-6-9-22(28-4)23(13-18)29-5/h6-11,13,15-17,25H,12,14H2,1-5H3. The van der Waals surface area contributed by atoms with Gasteiger partial charge in [-0.1, -0.05) is 19.9 Å². The third kappa shape index (κ3) is 4.73. The zero-order chi connectivity index (χ0) is 21.0. The lowest BCUT2D eigenvalue weighted by Gasteiger charge is -2.31. The van der Waals surface area contributed by atoms with Gasteiger partial charge in [0.05, 0.1) is 20.6 Å². The van der Waals surface area contributed by atoms with Crippen LogP contribution < -0.4 is 14.4 Å². The van der Waals surface area contributed by atoms with Crippen LogP contribution in [0.1, 0.15) is 32.8 Å². The second kappa shape index (κ2) is 9.03. The maximum atomic E-state index is 13.4. The minimum absolute atomic E-state index is 0.0697. The van der Waals surface area contributed by atoms with Crippen molar-refractivity contribution in [2.45, 2.75) is 39.7 Å². The molecule has 3 rings (SSSR count). The van der Waals surface area contributed by atoms with Crippen molar-refractivity contribution in [3.8, 4) is 11.5 Å². The third-order valence-electron chi connectivity index (χ3n) is 5.14. The van der Waals surface area contributed by atoms with Crippen LogP contribution in [0.3, 0.4) is 0 Å². The van der Waals surface area contributed by atoms with Crippen LogP contribution in [0.2, 0.25) is 0 Å². The molecule has 5 nitrogen and oxygen atoms in total. The highest BCUT2D eigenvalue weighted by atomic mass is 16.5. The Kier molecular flexibility index (Phi) is 6.47. The number of carbonyl (C=O) groups is 1. The molecule has 1 amide bonds.